The van der Waals surface area contributed by atoms with Gasteiger partial charge in [0, 0.05) is 6.20 Å². The van der Waals surface area contributed by atoms with E-state index in [9.17, 15) is 0 Å². The van der Waals surface area contributed by atoms with Gasteiger partial charge >= 0.3 is 0 Å². The van der Waals surface area contributed by atoms with Gasteiger partial charge in [0.2, 0.25) is 5.89 Å². The molecule has 0 amide bonds. The second-order valence-corrected chi connectivity index (χ2v) is 3.77. The molecule has 2 heterocycles. The van der Waals surface area contributed by atoms with E-state index in [1.807, 2.05) is 19.9 Å². The van der Waals surface area contributed by atoms with Crippen molar-refractivity contribution in [1.82, 2.24) is 20.5 Å². The summed E-state index contributed by atoms with van der Waals surface area (Å²) >= 11 is 0. The lowest BCUT2D eigenvalue weighted by molar-refractivity contribution is 0.428. The Kier molecular flexibility index (Phi) is 3.65. The van der Waals surface area contributed by atoms with E-state index in [0.29, 0.717) is 23.0 Å². The van der Waals surface area contributed by atoms with Gasteiger partial charge in [0.1, 0.15) is 11.8 Å². The highest BCUT2D eigenvalue weighted by Gasteiger charge is 2.14. The average Bonchev–Trinajstić information content (AvgIpc) is 2.89. The van der Waals surface area contributed by atoms with Crippen LogP contribution in [0.1, 0.15) is 31.3 Å². The fourth-order valence-electron chi connectivity index (χ4n) is 1.49. The minimum absolute atomic E-state index is 0.00892. The van der Waals surface area contributed by atoms with E-state index < -0.39 is 0 Å². The summed E-state index contributed by atoms with van der Waals surface area (Å²) in [5, 5.41) is 19.8. The Balaban J connectivity index is 2.21. The van der Waals surface area contributed by atoms with Gasteiger partial charge in [-0.1, -0.05) is 6.92 Å². The molecule has 0 aliphatic heterocycles. The fraction of sp³-hybridized carbons (Fsp3) is 0.333. The summed E-state index contributed by atoms with van der Waals surface area (Å²) in [5.41, 5.74) is 1.07. The first-order chi connectivity index (χ1) is 8.74. The van der Waals surface area contributed by atoms with Crippen molar-refractivity contribution in [3.05, 3.63) is 29.8 Å². The molecular weight excluding hydrogens is 230 g/mol. The van der Waals surface area contributed by atoms with Crippen LogP contribution in [-0.2, 0) is 0 Å². The molecule has 6 nitrogen and oxygen atoms in total. The van der Waals surface area contributed by atoms with Crippen LogP contribution in [0.15, 0.2) is 22.7 Å². The number of rotatable bonds is 4. The number of hydrogen-bond acceptors (Lipinski definition) is 6. The van der Waals surface area contributed by atoms with Crippen molar-refractivity contribution in [3.8, 4) is 17.7 Å². The van der Waals surface area contributed by atoms with Crippen LogP contribution < -0.4 is 5.32 Å². The zero-order chi connectivity index (χ0) is 13.0. The Bertz CT molecular complexity index is 555. The summed E-state index contributed by atoms with van der Waals surface area (Å²) in [6, 6.07) is 5.37. The van der Waals surface area contributed by atoms with Crippen LogP contribution in [-0.4, -0.2) is 21.7 Å². The Morgan fingerprint density at radius 2 is 2.28 bits per heavy atom. The lowest BCUT2D eigenvalue weighted by atomic mass is 10.3. The van der Waals surface area contributed by atoms with Crippen molar-refractivity contribution in [2.45, 2.75) is 19.9 Å². The first-order valence-electron chi connectivity index (χ1n) is 5.68. The molecule has 0 bridgehead atoms. The first-order valence-corrected chi connectivity index (χ1v) is 5.68. The van der Waals surface area contributed by atoms with E-state index in [1.165, 1.54) is 6.20 Å². The van der Waals surface area contributed by atoms with Crippen molar-refractivity contribution < 1.29 is 4.42 Å². The normalized spacial score (nSPS) is 12.1. The Labute approximate surface area is 105 Å². The minimum atomic E-state index is 0.00892. The third kappa shape index (κ3) is 2.52. The van der Waals surface area contributed by atoms with Crippen molar-refractivity contribution in [2.24, 2.45) is 0 Å². The van der Waals surface area contributed by atoms with E-state index >= 15 is 0 Å². The number of hydrogen-bond donors (Lipinski definition) is 1. The summed E-state index contributed by atoms with van der Waals surface area (Å²) in [4.78, 5) is 4.10. The summed E-state index contributed by atoms with van der Waals surface area (Å²) in [5.74, 6) is 0.886. The smallest absolute Gasteiger partial charge is 0.266 e. The Morgan fingerprint density at radius 1 is 1.44 bits per heavy atom. The molecule has 0 aromatic carbocycles. The van der Waals surface area contributed by atoms with Gasteiger partial charge in [-0.15, -0.1) is 10.2 Å². The molecule has 2 aromatic heterocycles. The van der Waals surface area contributed by atoms with Crippen molar-refractivity contribution in [3.63, 3.8) is 0 Å². The van der Waals surface area contributed by atoms with Crippen molar-refractivity contribution in [1.29, 1.82) is 5.26 Å². The molecule has 2 rings (SSSR count). The molecule has 18 heavy (non-hydrogen) atoms. The predicted molar refractivity (Wildman–Crippen MR) is 64.3 cm³/mol. The predicted octanol–water partition coefficient (Wildman–Crippen LogP) is 1.67. The summed E-state index contributed by atoms with van der Waals surface area (Å²) in [6.07, 6.45) is 1.48. The van der Waals surface area contributed by atoms with Crippen LogP contribution in [0.5, 0.6) is 0 Å². The van der Waals surface area contributed by atoms with Gasteiger partial charge in [0.25, 0.3) is 5.89 Å². The zero-order valence-corrected chi connectivity index (χ0v) is 10.2. The van der Waals surface area contributed by atoms with Gasteiger partial charge in [0.15, 0.2) is 0 Å². The lowest BCUT2D eigenvalue weighted by Gasteiger charge is -2.05. The molecule has 92 valence electrons. The molecule has 1 unspecified atom stereocenters. The van der Waals surface area contributed by atoms with E-state index in [4.69, 9.17) is 9.68 Å². The Morgan fingerprint density at radius 3 is 2.89 bits per heavy atom. The van der Waals surface area contributed by atoms with E-state index in [1.54, 1.807) is 12.1 Å². The number of nitrogens with one attached hydrogen (secondary N) is 1. The number of nitriles is 1. The minimum Gasteiger partial charge on any atom is -0.418 e. The van der Waals surface area contributed by atoms with E-state index in [2.05, 4.69) is 20.5 Å². The van der Waals surface area contributed by atoms with Gasteiger partial charge in [0.05, 0.1) is 11.6 Å². The molecule has 0 radical (unpaired) electrons. The molecule has 0 aliphatic carbocycles. The summed E-state index contributed by atoms with van der Waals surface area (Å²) in [7, 11) is 0. The number of pyridine rings is 1. The van der Waals surface area contributed by atoms with Gasteiger partial charge in [-0.3, -0.25) is 0 Å². The van der Waals surface area contributed by atoms with Gasteiger partial charge < -0.3 is 9.73 Å². The second-order valence-electron chi connectivity index (χ2n) is 3.77. The van der Waals surface area contributed by atoms with Gasteiger partial charge in [-0.2, -0.15) is 5.26 Å². The third-order valence-corrected chi connectivity index (χ3v) is 2.43. The largest absolute Gasteiger partial charge is 0.418 e. The highest BCUT2D eigenvalue weighted by atomic mass is 16.4. The fourth-order valence-corrected chi connectivity index (χ4v) is 1.49. The maximum Gasteiger partial charge on any atom is 0.266 e. The van der Waals surface area contributed by atoms with Crippen LogP contribution in [0.4, 0.5) is 0 Å². The molecule has 0 saturated heterocycles. The zero-order valence-electron chi connectivity index (χ0n) is 10.2. The number of nitrogens with zero attached hydrogens (tertiary/aromatic N) is 4. The average molecular weight is 243 g/mol. The topological polar surface area (TPSA) is 87.6 Å². The summed E-state index contributed by atoms with van der Waals surface area (Å²) < 4.78 is 5.53. The first kappa shape index (κ1) is 12.2. The second kappa shape index (κ2) is 5.38. The monoisotopic (exact) mass is 243 g/mol. The van der Waals surface area contributed by atoms with Gasteiger partial charge in [-0.05, 0) is 25.6 Å². The van der Waals surface area contributed by atoms with Crippen LogP contribution in [0, 0.1) is 11.3 Å². The van der Waals surface area contributed by atoms with E-state index in [0.717, 1.165) is 6.54 Å². The molecule has 1 atom stereocenters. The lowest BCUT2D eigenvalue weighted by Crippen LogP contribution is -2.17. The molecule has 0 saturated carbocycles. The standard InChI is InChI=1S/C12H13N5O/c1-3-14-8(2)11-16-17-12(18-11)10-5-4-9(6-13)7-15-10/h4-5,7-8,14H,3H2,1-2H3. The van der Waals surface area contributed by atoms with E-state index in [-0.39, 0.29) is 6.04 Å². The molecule has 0 spiro atoms. The highest BCUT2D eigenvalue weighted by molar-refractivity contribution is 5.47. The van der Waals surface area contributed by atoms with Crippen LogP contribution >= 0.6 is 0 Å². The maximum absolute atomic E-state index is 8.69. The summed E-state index contributed by atoms with van der Waals surface area (Å²) in [6.45, 7) is 4.79. The highest BCUT2D eigenvalue weighted by Crippen LogP contribution is 2.18. The molecule has 2 aromatic rings. The Hall–Kier alpha value is -2.26. The third-order valence-electron chi connectivity index (χ3n) is 2.43. The SMILES string of the molecule is CCNC(C)c1nnc(-c2ccc(C#N)cn2)o1. The quantitative estimate of drug-likeness (QED) is 0.878. The molecule has 0 aliphatic rings. The number of aromatic nitrogens is 3. The van der Waals surface area contributed by atoms with Crippen LogP contribution in [0.2, 0.25) is 0 Å². The molecule has 6 heteroatoms. The molecule has 1 N–H and O–H groups in total. The van der Waals surface area contributed by atoms with Gasteiger partial charge in [-0.25, -0.2) is 4.98 Å². The molecule has 0 fully saturated rings. The van der Waals surface area contributed by atoms with Crippen molar-refractivity contribution in [2.75, 3.05) is 6.54 Å². The maximum atomic E-state index is 8.69. The van der Waals surface area contributed by atoms with Crippen molar-refractivity contribution >= 4 is 0 Å². The van der Waals surface area contributed by atoms with Crippen LogP contribution in [0.3, 0.4) is 0 Å². The van der Waals surface area contributed by atoms with Crippen LogP contribution in [0.25, 0.3) is 11.6 Å². The molecular formula is C12H13N5O.